The lowest BCUT2D eigenvalue weighted by Gasteiger charge is -2.11. The van der Waals surface area contributed by atoms with Crippen molar-refractivity contribution in [2.45, 2.75) is 0 Å². The van der Waals surface area contributed by atoms with Gasteiger partial charge in [-0.2, -0.15) is 5.01 Å². The van der Waals surface area contributed by atoms with Crippen molar-refractivity contribution in [3.05, 3.63) is 4.91 Å². The van der Waals surface area contributed by atoms with Crippen molar-refractivity contribution in [2.75, 3.05) is 21.9 Å². The zero-order valence-electron chi connectivity index (χ0n) is 6.30. The zero-order chi connectivity index (χ0) is 9.40. The summed E-state index contributed by atoms with van der Waals surface area (Å²) in [6, 6.07) is -0.418. The molecule has 0 aliphatic carbocycles. The Morgan fingerprint density at radius 2 is 2.08 bits per heavy atom. The van der Waals surface area contributed by atoms with Gasteiger partial charge in [0.05, 0.1) is 11.8 Å². The first-order chi connectivity index (χ1) is 5.76. The van der Waals surface area contributed by atoms with E-state index in [-0.39, 0.29) is 0 Å². The summed E-state index contributed by atoms with van der Waals surface area (Å²) in [7, 11) is 0. The van der Waals surface area contributed by atoms with Crippen molar-refractivity contribution in [1.82, 2.24) is 10.3 Å². The smallest absolute Gasteiger partial charge is 0.336 e. The van der Waals surface area contributed by atoms with Gasteiger partial charge in [-0.25, -0.2) is 4.79 Å². The fraction of sp³-hybridized carbons (Fsp3) is 0.800. The van der Waals surface area contributed by atoms with Crippen LogP contribution in [0.1, 0.15) is 0 Å². The van der Waals surface area contributed by atoms with Gasteiger partial charge in [0, 0.05) is 15.4 Å². The second-order valence-electron chi connectivity index (χ2n) is 1.81. The molecular formula is C5H9I2N3O2. The van der Waals surface area contributed by atoms with E-state index in [1.165, 1.54) is 0 Å². The maximum absolute atomic E-state index is 11.0. The van der Waals surface area contributed by atoms with Gasteiger partial charge in [0.15, 0.2) is 0 Å². The third kappa shape index (κ3) is 5.06. The van der Waals surface area contributed by atoms with Gasteiger partial charge >= 0.3 is 6.03 Å². The number of alkyl halides is 2. The molecule has 0 spiro atoms. The van der Waals surface area contributed by atoms with E-state index in [4.69, 9.17) is 0 Å². The molecule has 2 amide bonds. The monoisotopic (exact) mass is 397 g/mol. The fourth-order valence-corrected chi connectivity index (χ4v) is 1.23. The number of rotatable bonds is 5. The van der Waals surface area contributed by atoms with Gasteiger partial charge in [0.25, 0.3) is 0 Å². The quantitative estimate of drug-likeness (QED) is 0.331. The Balaban J connectivity index is 3.77. The van der Waals surface area contributed by atoms with E-state index >= 15 is 0 Å². The summed E-state index contributed by atoms with van der Waals surface area (Å²) in [6.07, 6.45) is 0. The Morgan fingerprint density at radius 1 is 1.42 bits per heavy atom. The van der Waals surface area contributed by atoms with Crippen molar-refractivity contribution in [3.63, 3.8) is 0 Å². The second kappa shape index (κ2) is 7.95. The van der Waals surface area contributed by atoms with Gasteiger partial charge in [0.2, 0.25) is 0 Å². The molecule has 0 aromatic rings. The fourth-order valence-electron chi connectivity index (χ4n) is 0.505. The van der Waals surface area contributed by atoms with Crippen molar-refractivity contribution in [1.29, 1.82) is 0 Å². The van der Waals surface area contributed by atoms with Crippen LogP contribution >= 0.6 is 45.2 Å². The van der Waals surface area contributed by atoms with Crippen LogP contribution in [0.3, 0.4) is 0 Å². The molecule has 0 fully saturated rings. The number of carbonyl (C=O) groups is 1. The van der Waals surface area contributed by atoms with E-state index in [1.807, 2.05) is 0 Å². The van der Waals surface area contributed by atoms with Gasteiger partial charge < -0.3 is 5.32 Å². The van der Waals surface area contributed by atoms with E-state index in [0.29, 0.717) is 17.5 Å². The van der Waals surface area contributed by atoms with Crippen molar-refractivity contribution < 1.29 is 4.79 Å². The maximum atomic E-state index is 11.0. The normalized spacial score (nSPS) is 9.17. The van der Waals surface area contributed by atoms with Crippen molar-refractivity contribution in [3.8, 4) is 0 Å². The number of nitroso groups, excluding NO2 is 1. The summed E-state index contributed by atoms with van der Waals surface area (Å²) in [6.45, 7) is 0.920. The predicted molar refractivity (Wildman–Crippen MR) is 63.7 cm³/mol. The minimum absolute atomic E-state index is 0.358. The van der Waals surface area contributed by atoms with Crippen LogP contribution in [0.5, 0.6) is 0 Å². The highest BCUT2D eigenvalue weighted by molar-refractivity contribution is 14.1. The molecule has 0 aliphatic heterocycles. The molecule has 0 atom stereocenters. The standard InChI is InChI=1S/C5H9I2N3O2/c6-1-3-8-5(11)10(9-12)4-2-7/h1-4H2,(H,8,11). The number of hydrogen-bond acceptors (Lipinski definition) is 3. The summed E-state index contributed by atoms with van der Waals surface area (Å²) in [5, 5.41) is 6.03. The van der Waals surface area contributed by atoms with Gasteiger partial charge in [-0.1, -0.05) is 45.2 Å². The van der Waals surface area contributed by atoms with Crippen LogP contribution in [-0.4, -0.2) is 33.0 Å². The third-order valence-electron chi connectivity index (χ3n) is 1.00. The molecule has 0 rings (SSSR count). The Bertz CT molecular complexity index is 156. The average Bonchev–Trinajstić information content (AvgIpc) is 2.10. The molecule has 0 bridgehead atoms. The lowest BCUT2D eigenvalue weighted by atomic mass is 10.7. The van der Waals surface area contributed by atoms with Gasteiger partial charge in [0.1, 0.15) is 0 Å². The lowest BCUT2D eigenvalue weighted by Crippen LogP contribution is -2.38. The van der Waals surface area contributed by atoms with Crippen LogP contribution in [0, 0.1) is 4.91 Å². The second-order valence-corrected chi connectivity index (χ2v) is 3.97. The molecular weight excluding hydrogens is 388 g/mol. The molecule has 5 nitrogen and oxygen atoms in total. The number of urea groups is 1. The summed E-state index contributed by atoms with van der Waals surface area (Å²) in [5.41, 5.74) is 0. The first-order valence-electron chi connectivity index (χ1n) is 3.26. The number of nitrogens with one attached hydrogen (secondary N) is 1. The van der Waals surface area contributed by atoms with Crippen LogP contribution in [-0.2, 0) is 0 Å². The molecule has 12 heavy (non-hydrogen) atoms. The molecule has 0 aromatic heterocycles. The summed E-state index contributed by atoms with van der Waals surface area (Å²) in [5.74, 6) is 0. The Kier molecular flexibility index (Phi) is 8.17. The molecule has 0 saturated heterocycles. The van der Waals surface area contributed by atoms with Crippen LogP contribution in [0.25, 0.3) is 0 Å². The first-order valence-corrected chi connectivity index (χ1v) is 6.32. The topological polar surface area (TPSA) is 61.8 Å². The van der Waals surface area contributed by atoms with Crippen LogP contribution in [0.2, 0.25) is 0 Å². The Morgan fingerprint density at radius 3 is 2.50 bits per heavy atom. The van der Waals surface area contributed by atoms with Gasteiger partial charge in [-0.15, -0.1) is 4.91 Å². The van der Waals surface area contributed by atoms with Gasteiger partial charge in [-0.05, 0) is 0 Å². The molecule has 1 N–H and O–H groups in total. The molecule has 0 aromatic carbocycles. The van der Waals surface area contributed by atoms with E-state index < -0.39 is 6.03 Å². The van der Waals surface area contributed by atoms with E-state index in [1.54, 1.807) is 0 Å². The molecule has 0 heterocycles. The zero-order valence-corrected chi connectivity index (χ0v) is 10.6. The van der Waals surface area contributed by atoms with E-state index in [2.05, 4.69) is 55.8 Å². The van der Waals surface area contributed by atoms with Gasteiger partial charge in [-0.3, -0.25) is 0 Å². The summed E-state index contributed by atoms with van der Waals surface area (Å²) >= 11 is 4.21. The predicted octanol–water partition coefficient (Wildman–Crippen LogP) is 1.55. The molecule has 0 unspecified atom stereocenters. The van der Waals surface area contributed by atoms with Crippen LogP contribution in [0.15, 0.2) is 5.29 Å². The number of carbonyl (C=O) groups excluding carboxylic acids is 1. The molecule has 0 saturated carbocycles. The summed E-state index contributed by atoms with van der Waals surface area (Å²) < 4.78 is 1.52. The number of nitrogens with zero attached hydrogens (tertiary/aromatic N) is 2. The Labute approximate surface area is 97.9 Å². The molecule has 7 heteroatoms. The third-order valence-corrected chi connectivity index (χ3v) is 2.02. The minimum atomic E-state index is -0.418. The van der Waals surface area contributed by atoms with Crippen molar-refractivity contribution >= 4 is 51.2 Å². The van der Waals surface area contributed by atoms with Crippen LogP contribution in [0.4, 0.5) is 4.79 Å². The SMILES string of the molecule is O=NN(CCI)C(=O)NCCI. The highest BCUT2D eigenvalue weighted by atomic mass is 127. The number of amides is 2. The van der Waals surface area contributed by atoms with E-state index in [0.717, 1.165) is 9.44 Å². The molecule has 70 valence electrons. The number of halogens is 2. The minimum Gasteiger partial charge on any atom is -0.336 e. The van der Waals surface area contributed by atoms with E-state index in [9.17, 15) is 9.70 Å². The first kappa shape index (κ1) is 12.3. The number of hydrogen-bond donors (Lipinski definition) is 1. The molecule has 0 radical (unpaired) electrons. The maximum Gasteiger partial charge on any atom is 0.340 e. The summed E-state index contributed by atoms with van der Waals surface area (Å²) in [4.78, 5) is 21.1. The average molecular weight is 397 g/mol. The van der Waals surface area contributed by atoms with Crippen molar-refractivity contribution in [2.24, 2.45) is 5.29 Å². The highest BCUT2D eigenvalue weighted by Crippen LogP contribution is 1.93. The largest absolute Gasteiger partial charge is 0.340 e. The Hall–Kier alpha value is 0.330. The molecule has 0 aliphatic rings. The van der Waals surface area contributed by atoms with Crippen LogP contribution < -0.4 is 5.32 Å². The lowest BCUT2D eigenvalue weighted by molar-refractivity contribution is 0.203. The highest BCUT2D eigenvalue weighted by Gasteiger charge is 2.11.